The van der Waals surface area contributed by atoms with Gasteiger partial charge in [-0.25, -0.2) is 0 Å². The second-order valence-corrected chi connectivity index (χ2v) is 7.27. The monoisotopic (exact) mass is 416 g/mol. The molecule has 1 atom stereocenters. The fraction of sp³-hybridized carbons (Fsp3) is 0.579. The molecule has 2 amide bonds. The number of carbonyl (C=O) groups excluding carboxylic acids is 2. The van der Waals surface area contributed by atoms with Crippen molar-refractivity contribution in [3.63, 3.8) is 0 Å². The Bertz CT molecular complexity index is 687. The van der Waals surface area contributed by atoms with Gasteiger partial charge >= 0.3 is 6.36 Å². The van der Waals surface area contributed by atoms with Crippen molar-refractivity contribution in [2.75, 3.05) is 38.0 Å². The zero-order valence-corrected chi connectivity index (χ0v) is 16.8. The van der Waals surface area contributed by atoms with Crippen LogP contribution in [0.2, 0.25) is 0 Å². The number of nitrogens with zero attached hydrogens (tertiary/aromatic N) is 2. The zero-order chi connectivity index (χ0) is 21.6. The minimum atomic E-state index is -4.75. The molecule has 7 nitrogen and oxygen atoms in total. The fourth-order valence-corrected chi connectivity index (χ4v) is 3.03. The Morgan fingerprint density at radius 3 is 2.17 bits per heavy atom. The normalized spacial score (nSPS) is 17.1. The van der Waals surface area contributed by atoms with Crippen LogP contribution in [0.5, 0.6) is 5.75 Å². The number of piperazine rings is 1. The molecular weight excluding hydrogens is 389 g/mol. The number of carbonyl (C=O) groups is 2. The first-order valence-corrected chi connectivity index (χ1v) is 9.46. The highest BCUT2D eigenvalue weighted by Crippen LogP contribution is 2.24. The number of rotatable bonds is 7. The molecule has 0 radical (unpaired) electrons. The molecule has 2 rings (SSSR count). The third kappa shape index (κ3) is 7.90. The van der Waals surface area contributed by atoms with Gasteiger partial charge in [0.15, 0.2) is 0 Å². The van der Waals surface area contributed by atoms with Crippen LogP contribution in [0.15, 0.2) is 24.3 Å². The molecule has 2 N–H and O–H groups in total. The Hall–Kier alpha value is -2.33. The summed E-state index contributed by atoms with van der Waals surface area (Å²) in [5, 5.41) is 5.56. The second kappa shape index (κ2) is 9.93. The van der Waals surface area contributed by atoms with Crippen molar-refractivity contribution in [1.82, 2.24) is 15.1 Å². The highest BCUT2D eigenvalue weighted by molar-refractivity contribution is 5.94. The van der Waals surface area contributed by atoms with Gasteiger partial charge in [0, 0.05) is 37.9 Å². The van der Waals surface area contributed by atoms with Crippen LogP contribution in [0, 0.1) is 0 Å². The van der Waals surface area contributed by atoms with Crippen molar-refractivity contribution in [2.24, 2.45) is 0 Å². The zero-order valence-electron chi connectivity index (χ0n) is 16.8. The van der Waals surface area contributed by atoms with Gasteiger partial charge in [0.1, 0.15) is 5.75 Å². The first-order valence-electron chi connectivity index (χ1n) is 9.46. The summed E-state index contributed by atoms with van der Waals surface area (Å²) in [6.07, 6.45) is -4.75. The first-order chi connectivity index (χ1) is 13.5. The maximum absolute atomic E-state index is 12.5. The van der Waals surface area contributed by atoms with Crippen molar-refractivity contribution >= 4 is 17.5 Å². The lowest BCUT2D eigenvalue weighted by Crippen LogP contribution is -2.54. The summed E-state index contributed by atoms with van der Waals surface area (Å²) in [6, 6.07) is 4.70. The van der Waals surface area contributed by atoms with Gasteiger partial charge < -0.3 is 15.4 Å². The molecule has 0 saturated carbocycles. The van der Waals surface area contributed by atoms with Crippen molar-refractivity contribution < 1.29 is 27.5 Å². The summed E-state index contributed by atoms with van der Waals surface area (Å²) in [6.45, 7) is 8.56. The summed E-state index contributed by atoms with van der Waals surface area (Å²) in [7, 11) is 0. The van der Waals surface area contributed by atoms with Gasteiger partial charge in [0.05, 0.1) is 12.6 Å². The number of benzene rings is 1. The molecule has 0 aromatic heterocycles. The highest BCUT2D eigenvalue weighted by Gasteiger charge is 2.31. The van der Waals surface area contributed by atoms with Gasteiger partial charge in [-0.2, -0.15) is 0 Å². The Morgan fingerprint density at radius 1 is 1.07 bits per heavy atom. The summed E-state index contributed by atoms with van der Waals surface area (Å²) >= 11 is 0. The van der Waals surface area contributed by atoms with Gasteiger partial charge in [0.2, 0.25) is 11.8 Å². The van der Waals surface area contributed by atoms with Crippen LogP contribution in [-0.4, -0.2) is 72.8 Å². The maximum atomic E-state index is 12.5. The topological polar surface area (TPSA) is 73.9 Å². The number of amides is 2. The molecule has 0 spiro atoms. The van der Waals surface area contributed by atoms with Crippen LogP contribution in [0.4, 0.5) is 18.9 Å². The van der Waals surface area contributed by atoms with E-state index >= 15 is 0 Å². The summed E-state index contributed by atoms with van der Waals surface area (Å²) in [5.41, 5.74) is 0.389. The predicted molar refractivity (Wildman–Crippen MR) is 103 cm³/mol. The van der Waals surface area contributed by atoms with Gasteiger partial charge in [-0.3, -0.25) is 19.4 Å². The van der Waals surface area contributed by atoms with Crippen molar-refractivity contribution in [3.8, 4) is 5.75 Å². The fourth-order valence-electron chi connectivity index (χ4n) is 3.03. The van der Waals surface area contributed by atoms with Crippen molar-refractivity contribution in [2.45, 2.75) is 39.2 Å². The van der Waals surface area contributed by atoms with E-state index < -0.39 is 12.4 Å². The Kier molecular flexibility index (Phi) is 7.86. The van der Waals surface area contributed by atoms with E-state index in [9.17, 15) is 22.8 Å². The van der Waals surface area contributed by atoms with Crippen LogP contribution in [0.3, 0.4) is 0 Å². The quantitative estimate of drug-likeness (QED) is 0.712. The summed E-state index contributed by atoms with van der Waals surface area (Å²) in [5.74, 6) is -0.612. The summed E-state index contributed by atoms with van der Waals surface area (Å²) in [4.78, 5) is 28.4. The van der Waals surface area contributed by atoms with Gasteiger partial charge in [-0.15, -0.1) is 13.2 Å². The van der Waals surface area contributed by atoms with Crippen molar-refractivity contribution in [1.29, 1.82) is 0 Å². The molecule has 0 bridgehead atoms. The average molecular weight is 416 g/mol. The molecule has 0 aliphatic carbocycles. The third-order valence-electron chi connectivity index (χ3n) is 4.51. The maximum Gasteiger partial charge on any atom is 0.573 e. The van der Waals surface area contributed by atoms with Gasteiger partial charge in [-0.1, -0.05) is 0 Å². The molecule has 0 unspecified atom stereocenters. The highest BCUT2D eigenvalue weighted by atomic mass is 19.4. The largest absolute Gasteiger partial charge is 0.573 e. The first kappa shape index (κ1) is 23.0. The van der Waals surface area contributed by atoms with E-state index in [1.54, 1.807) is 6.92 Å². The van der Waals surface area contributed by atoms with E-state index in [2.05, 4.69) is 15.4 Å². The minimum absolute atomic E-state index is 0.0165. The number of hydrogen-bond acceptors (Lipinski definition) is 5. The minimum Gasteiger partial charge on any atom is -0.406 e. The van der Waals surface area contributed by atoms with Gasteiger partial charge in [-0.05, 0) is 45.0 Å². The summed E-state index contributed by atoms with van der Waals surface area (Å²) < 4.78 is 40.4. The van der Waals surface area contributed by atoms with E-state index in [4.69, 9.17) is 0 Å². The Morgan fingerprint density at radius 2 is 1.66 bits per heavy atom. The number of halogens is 3. The molecule has 10 heteroatoms. The average Bonchev–Trinajstić information content (AvgIpc) is 2.61. The molecule has 1 aliphatic heterocycles. The number of nitrogens with one attached hydrogen (secondary N) is 2. The van der Waals surface area contributed by atoms with E-state index in [0.717, 1.165) is 12.1 Å². The SMILES string of the molecule is CC(C)NC(=O)CN1CCN([C@H](C)C(=O)Nc2ccc(OC(F)(F)F)cc2)CC1. The number of alkyl halides is 3. The lowest BCUT2D eigenvalue weighted by atomic mass is 10.2. The van der Waals surface area contributed by atoms with E-state index in [1.807, 2.05) is 23.6 Å². The molecule has 1 saturated heterocycles. The molecule has 1 heterocycles. The Labute approximate surface area is 168 Å². The lowest BCUT2D eigenvalue weighted by molar-refractivity contribution is -0.274. The molecule has 1 aromatic rings. The van der Waals surface area contributed by atoms with Crippen LogP contribution in [0.25, 0.3) is 0 Å². The van der Waals surface area contributed by atoms with Crippen LogP contribution >= 0.6 is 0 Å². The Balaban J connectivity index is 1.80. The third-order valence-corrected chi connectivity index (χ3v) is 4.51. The number of ether oxygens (including phenoxy) is 1. The molecule has 162 valence electrons. The second-order valence-electron chi connectivity index (χ2n) is 7.27. The van der Waals surface area contributed by atoms with Crippen LogP contribution in [0.1, 0.15) is 20.8 Å². The van der Waals surface area contributed by atoms with Crippen LogP contribution < -0.4 is 15.4 Å². The van der Waals surface area contributed by atoms with E-state index in [1.165, 1.54) is 12.1 Å². The van der Waals surface area contributed by atoms with Gasteiger partial charge in [0.25, 0.3) is 0 Å². The standard InChI is InChI=1S/C19H27F3N4O3/c1-13(2)23-17(27)12-25-8-10-26(11-9-25)14(3)18(28)24-15-4-6-16(7-5-15)29-19(20,21)22/h4-7,13-14H,8-12H2,1-3H3,(H,23,27)(H,24,28)/t14-/m1/s1. The molecule has 1 aliphatic rings. The van der Waals surface area contributed by atoms with E-state index in [-0.39, 0.29) is 23.6 Å². The lowest BCUT2D eigenvalue weighted by Gasteiger charge is -2.37. The molecule has 1 fully saturated rings. The van der Waals surface area contributed by atoms with Crippen LogP contribution in [-0.2, 0) is 9.59 Å². The predicted octanol–water partition coefficient (Wildman–Crippen LogP) is 2.05. The van der Waals surface area contributed by atoms with E-state index in [0.29, 0.717) is 38.4 Å². The smallest absolute Gasteiger partial charge is 0.406 e. The molecule has 29 heavy (non-hydrogen) atoms. The molecular formula is C19H27F3N4O3. The molecule has 1 aromatic carbocycles. The van der Waals surface area contributed by atoms with Crippen molar-refractivity contribution in [3.05, 3.63) is 24.3 Å². The number of hydrogen-bond donors (Lipinski definition) is 2. The number of anilines is 1.